The molecule has 1 aliphatic heterocycles. The van der Waals surface area contributed by atoms with Gasteiger partial charge in [-0.3, -0.25) is 9.69 Å². The average molecular weight is 332 g/mol. The van der Waals surface area contributed by atoms with Gasteiger partial charge in [0.15, 0.2) is 0 Å². The van der Waals surface area contributed by atoms with Crippen molar-refractivity contribution in [1.29, 1.82) is 0 Å². The summed E-state index contributed by atoms with van der Waals surface area (Å²) in [6.45, 7) is 9.54. The van der Waals surface area contributed by atoms with Gasteiger partial charge in [-0.2, -0.15) is 0 Å². The highest BCUT2D eigenvalue weighted by Crippen LogP contribution is 2.16. The first-order valence-corrected chi connectivity index (χ1v) is 9.08. The Bertz CT molecular complexity index is 507. The molecule has 2 atom stereocenters. The van der Waals surface area contributed by atoms with Crippen LogP contribution in [0.25, 0.3) is 0 Å². The lowest BCUT2D eigenvalue weighted by molar-refractivity contribution is -0.122. The molecule has 4 nitrogen and oxygen atoms in total. The number of benzene rings is 1. The summed E-state index contributed by atoms with van der Waals surface area (Å²) >= 11 is 0. The number of nitrogens with zero attached hydrogens (tertiary/aromatic N) is 1. The number of ether oxygens (including phenoxy) is 1. The van der Waals surface area contributed by atoms with Gasteiger partial charge in [0.05, 0.1) is 19.2 Å². The molecule has 0 radical (unpaired) electrons. The van der Waals surface area contributed by atoms with Gasteiger partial charge in [0.1, 0.15) is 0 Å². The van der Waals surface area contributed by atoms with Crippen molar-refractivity contribution in [3.8, 4) is 0 Å². The Hall–Kier alpha value is -1.39. The van der Waals surface area contributed by atoms with Crippen molar-refractivity contribution in [2.45, 2.75) is 39.7 Å². The predicted octanol–water partition coefficient (Wildman–Crippen LogP) is 3.03. The zero-order chi connectivity index (χ0) is 17.5. The van der Waals surface area contributed by atoms with Crippen LogP contribution in [-0.4, -0.2) is 44.2 Å². The van der Waals surface area contributed by atoms with Crippen molar-refractivity contribution in [3.63, 3.8) is 0 Å². The topological polar surface area (TPSA) is 41.6 Å². The molecule has 0 aromatic heterocycles. The van der Waals surface area contributed by atoms with Crippen LogP contribution < -0.4 is 5.32 Å². The van der Waals surface area contributed by atoms with Gasteiger partial charge in [0.2, 0.25) is 5.91 Å². The third-order valence-electron chi connectivity index (χ3n) is 4.51. The van der Waals surface area contributed by atoms with Crippen LogP contribution in [0.3, 0.4) is 0 Å². The van der Waals surface area contributed by atoms with Crippen LogP contribution in [0.5, 0.6) is 0 Å². The molecule has 0 aliphatic carbocycles. The number of rotatable bonds is 8. The Kier molecular flexibility index (Phi) is 7.25. The maximum atomic E-state index is 12.2. The van der Waals surface area contributed by atoms with Crippen LogP contribution in [0.1, 0.15) is 44.4 Å². The highest BCUT2D eigenvalue weighted by molar-refractivity contribution is 5.78. The van der Waals surface area contributed by atoms with Crippen LogP contribution in [0.15, 0.2) is 24.3 Å². The quantitative estimate of drug-likeness (QED) is 0.795. The number of nitrogens with one attached hydrogen (secondary N) is 1. The molecule has 1 fully saturated rings. The highest BCUT2D eigenvalue weighted by atomic mass is 16.5. The van der Waals surface area contributed by atoms with E-state index in [1.165, 1.54) is 5.56 Å². The second-order valence-corrected chi connectivity index (χ2v) is 7.56. The number of hydrogen-bond acceptors (Lipinski definition) is 3. The fourth-order valence-corrected chi connectivity index (χ4v) is 3.26. The molecule has 134 valence electrons. The molecule has 1 heterocycles. The normalized spacial score (nSPS) is 19.0. The van der Waals surface area contributed by atoms with Crippen LogP contribution in [0.4, 0.5) is 0 Å². The number of amides is 1. The molecule has 1 amide bonds. The van der Waals surface area contributed by atoms with E-state index >= 15 is 0 Å². The number of carbonyl (C=O) groups is 1. The van der Waals surface area contributed by atoms with E-state index in [4.69, 9.17) is 4.74 Å². The largest absolute Gasteiger partial charge is 0.381 e. The molecule has 4 heteroatoms. The van der Waals surface area contributed by atoms with Crippen molar-refractivity contribution in [1.82, 2.24) is 10.2 Å². The van der Waals surface area contributed by atoms with Gasteiger partial charge >= 0.3 is 0 Å². The first-order chi connectivity index (χ1) is 11.4. The molecule has 1 N–H and O–H groups in total. The standard InChI is InChI=1S/C20H32N2O2/c1-15(2)11-17-5-7-19(8-6-17)16(3)21-20(23)13-22(4)12-18-9-10-24-14-18/h5-8,15-16,18H,9-14H2,1-4H3,(H,21,23)/t16-,18-/m0/s1. The minimum absolute atomic E-state index is 0.0359. The molecule has 0 bridgehead atoms. The summed E-state index contributed by atoms with van der Waals surface area (Å²) in [5.74, 6) is 1.30. The van der Waals surface area contributed by atoms with Gasteiger partial charge in [0, 0.05) is 13.2 Å². The van der Waals surface area contributed by atoms with Gasteiger partial charge in [0.25, 0.3) is 0 Å². The van der Waals surface area contributed by atoms with E-state index < -0.39 is 0 Å². The van der Waals surface area contributed by atoms with Crippen LogP contribution in [0, 0.1) is 11.8 Å². The van der Waals surface area contributed by atoms with E-state index in [1.54, 1.807) is 0 Å². The Balaban J connectivity index is 1.77. The Morgan fingerprint density at radius 3 is 2.58 bits per heavy atom. The monoisotopic (exact) mass is 332 g/mol. The third-order valence-corrected chi connectivity index (χ3v) is 4.51. The molecule has 1 aliphatic rings. The molecular weight excluding hydrogens is 300 g/mol. The second-order valence-electron chi connectivity index (χ2n) is 7.56. The first kappa shape index (κ1) is 18.9. The minimum Gasteiger partial charge on any atom is -0.381 e. The average Bonchev–Trinajstić information content (AvgIpc) is 2.99. The lowest BCUT2D eigenvalue weighted by Crippen LogP contribution is -2.38. The molecule has 24 heavy (non-hydrogen) atoms. The molecule has 0 spiro atoms. The van der Waals surface area contributed by atoms with E-state index in [0.717, 1.165) is 38.2 Å². The molecular formula is C20H32N2O2. The van der Waals surface area contributed by atoms with Crippen molar-refractivity contribution in [2.24, 2.45) is 11.8 Å². The summed E-state index contributed by atoms with van der Waals surface area (Å²) < 4.78 is 5.39. The van der Waals surface area contributed by atoms with Crippen LogP contribution in [-0.2, 0) is 16.0 Å². The fourth-order valence-electron chi connectivity index (χ4n) is 3.26. The molecule has 0 unspecified atom stereocenters. The van der Waals surface area contributed by atoms with Gasteiger partial charge in [-0.1, -0.05) is 38.1 Å². The van der Waals surface area contributed by atoms with E-state index in [-0.39, 0.29) is 11.9 Å². The Labute approximate surface area is 146 Å². The molecule has 1 aromatic carbocycles. The zero-order valence-corrected chi connectivity index (χ0v) is 15.5. The number of hydrogen-bond donors (Lipinski definition) is 1. The molecule has 2 rings (SSSR count). The van der Waals surface area contributed by atoms with E-state index in [0.29, 0.717) is 18.4 Å². The predicted molar refractivity (Wildman–Crippen MR) is 98.0 cm³/mol. The van der Waals surface area contributed by atoms with Crippen LogP contribution >= 0.6 is 0 Å². The lowest BCUT2D eigenvalue weighted by Gasteiger charge is -2.21. The van der Waals surface area contributed by atoms with Gasteiger partial charge in [-0.25, -0.2) is 0 Å². The molecule has 0 saturated carbocycles. The summed E-state index contributed by atoms with van der Waals surface area (Å²) in [6, 6.07) is 8.63. The van der Waals surface area contributed by atoms with Gasteiger partial charge in [-0.05, 0) is 49.8 Å². The summed E-state index contributed by atoms with van der Waals surface area (Å²) in [4.78, 5) is 14.3. The Morgan fingerprint density at radius 2 is 2.00 bits per heavy atom. The van der Waals surface area contributed by atoms with E-state index in [2.05, 4.69) is 48.3 Å². The third kappa shape index (κ3) is 6.25. The highest BCUT2D eigenvalue weighted by Gasteiger charge is 2.19. The second kappa shape index (κ2) is 9.19. The lowest BCUT2D eigenvalue weighted by atomic mass is 10.00. The summed E-state index contributed by atoms with van der Waals surface area (Å²) in [5.41, 5.74) is 2.51. The smallest absolute Gasteiger partial charge is 0.234 e. The maximum absolute atomic E-state index is 12.2. The zero-order valence-electron chi connectivity index (χ0n) is 15.5. The summed E-state index contributed by atoms with van der Waals surface area (Å²) in [7, 11) is 2.00. The van der Waals surface area contributed by atoms with Crippen molar-refractivity contribution in [3.05, 3.63) is 35.4 Å². The van der Waals surface area contributed by atoms with Gasteiger partial charge < -0.3 is 10.1 Å². The SMILES string of the molecule is CC(C)Cc1ccc([C@H](C)NC(=O)CN(C)C[C@@H]2CCOC2)cc1. The first-order valence-electron chi connectivity index (χ1n) is 9.08. The van der Waals surface area contributed by atoms with Crippen LogP contribution in [0.2, 0.25) is 0 Å². The van der Waals surface area contributed by atoms with Crippen molar-refractivity contribution >= 4 is 5.91 Å². The van der Waals surface area contributed by atoms with E-state index in [9.17, 15) is 4.79 Å². The van der Waals surface area contributed by atoms with Crippen molar-refractivity contribution < 1.29 is 9.53 Å². The van der Waals surface area contributed by atoms with Gasteiger partial charge in [-0.15, -0.1) is 0 Å². The minimum atomic E-state index is 0.0359. The fraction of sp³-hybridized carbons (Fsp3) is 0.650. The summed E-state index contributed by atoms with van der Waals surface area (Å²) in [6.07, 6.45) is 2.20. The molecule has 1 saturated heterocycles. The van der Waals surface area contributed by atoms with E-state index in [1.807, 2.05) is 14.0 Å². The number of carbonyl (C=O) groups excluding carboxylic acids is 1. The number of likely N-dealkylation sites (N-methyl/N-ethyl adjacent to an activating group) is 1. The Morgan fingerprint density at radius 1 is 1.29 bits per heavy atom. The molecule has 1 aromatic rings. The summed E-state index contributed by atoms with van der Waals surface area (Å²) in [5, 5.41) is 3.10. The maximum Gasteiger partial charge on any atom is 0.234 e. The van der Waals surface area contributed by atoms with Crippen molar-refractivity contribution in [2.75, 3.05) is 33.4 Å².